The van der Waals surface area contributed by atoms with E-state index in [0.717, 1.165) is 29.0 Å². The van der Waals surface area contributed by atoms with E-state index in [-0.39, 0.29) is 11.0 Å². The third kappa shape index (κ3) is 4.71. The minimum atomic E-state index is -1.20. The fourth-order valence-electron chi connectivity index (χ4n) is 6.14. The van der Waals surface area contributed by atoms with Gasteiger partial charge in [0.15, 0.2) is 0 Å². The Morgan fingerprint density at radius 2 is 1.40 bits per heavy atom. The standard InChI is InChI=1S/C37H28N2O2S2/c1-37(2)30-20-28(42-34(30)35-31(37)21-29(43-35)19-26(22-38)36(40)41)18-13-23-11-16-27(17-12-23)39-32-9-5-3-7-24(32)14-15-25-8-4-6-10-33(25)39/h3-13,16-21H,14-15H2,1-2H3,(H,40,41)/b18-13+,26-19-. The summed E-state index contributed by atoms with van der Waals surface area (Å²) in [6, 6.07) is 32.3. The first-order chi connectivity index (χ1) is 20.8. The van der Waals surface area contributed by atoms with E-state index >= 15 is 0 Å². The number of para-hydroxylation sites is 2. The van der Waals surface area contributed by atoms with E-state index in [9.17, 15) is 15.2 Å². The van der Waals surface area contributed by atoms with Crippen molar-refractivity contribution < 1.29 is 9.90 Å². The molecule has 5 aromatic rings. The van der Waals surface area contributed by atoms with Crippen LogP contribution >= 0.6 is 22.7 Å². The Morgan fingerprint density at radius 1 is 0.837 bits per heavy atom. The zero-order valence-electron chi connectivity index (χ0n) is 23.8. The monoisotopic (exact) mass is 596 g/mol. The van der Waals surface area contributed by atoms with Crippen LogP contribution in [0.4, 0.5) is 17.1 Å². The molecule has 3 heterocycles. The van der Waals surface area contributed by atoms with E-state index in [2.05, 4.69) is 110 Å². The van der Waals surface area contributed by atoms with Gasteiger partial charge in [-0.3, -0.25) is 0 Å². The number of aryl methyl sites for hydroxylation is 2. The van der Waals surface area contributed by atoms with Crippen LogP contribution in [0.15, 0.2) is 90.5 Å². The smallest absolute Gasteiger partial charge is 0.346 e. The Labute approximate surface area is 259 Å². The first kappa shape index (κ1) is 27.2. The van der Waals surface area contributed by atoms with Crippen LogP contribution in [0, 0.1) is 11.3 Å². The number of fused-ring (bicyclic) bond motifs is 5. The number of anilines is 3. The van der Waals surface area contributed by atoms with Gasteiger partial charge >= 0.3 is 5.97 Å². The van der Waals surface area contributed by atoms with Crippen LogP contribution in [-0.4, -0.2) is 11.1 Å². The number of aliphatic carboxylic acids is 1. The molecule has 0 atom stereocenters. The van der Waals surface area contributed by atoms with Crippen LogP contribution in [-0.2, 0) is 23.1 Å². The molecule has 2 aliphatic rings. The molecule has 0 spiro atoms. The molecule has 210 valence electrons. The molecule has 1 N–H and O–H groups in total. The molecule has 2 aromatic heterocycles. The van der Waals surface area contributed by atoms with Crippen LogP contribution in [0.5, 0.6) is 0 Å². The summed E-state index contributed by atoms with van der Waals surface area (Å²) in [5, 5.41) is 18.5. The summed E-state index contributed by atoms with van der Waals surface area (Å²) in [5.41, 5.74) is 9.53. The van der Waals surface area contributed by atoms with Gasteiger partial charge in [-0.15, -0.1) is 22.7 Å². The summed E-state index contributed by atoms with van der Waals surface area (Å²) >= 11 is 3.31. The summed E-state index contributed by atoms with van der Waals surface area (Å²) in [6.07, 6.45) is 7.87. The lowest BCUT2D eigenvalue weighted by atomic mass is 9.84. The van der Waals surface area contributed by atoms with Crippen LogP contribution in [0.1, 0.15) is 51.4 Å². The number of benzene rings is 3. The Balaban J connectivity index is 1.17. The van der Waals surface area contributed by atoms with Gasteiger partial charge in [0.25, 0.3) is 0 Å². The topological polar surface area (TPSA) is 64.3 Å². The number of carbonyl (C=O) groups is 1. The van der Waals surface area contributed by atoms with Crippen LogP contribution in [0.25, 0.3) is 28.0 Å². The molecule has 4 nitrogen and oxygen atoms in total. The van der Waals surface area contributed by atoms with Gasteiger partial charge in [-0.05, 0) is 89.2 Å². The number of hydrogen-bond acceptors (Lipinski definition) is 5. The van der Waals surface area contributed by atoms with Crippen molar-refractivity contribution in [2.75, 3.05) is 4.90 Å². The van der Waals surface area contributed by atoms with Crippen molar-refractivity contribution >= 4 is 63.9 Å². The Hall–Kier alpha value is -4.70. The first-order valence-electron chi connectivity index (χ1n) is 14.2. The summed E-state index contributed by atoms with van der Waals surface area (Å²) in [5.74, 6) is -1.20. The Bertz CT molecular complexity index is 1950. The van der Waals surface area contributed by atoms with E-state index in [4.69, 9.17) is 0 Å². The molecular weight excluding hydrogens is 569 g/mol. The highest BCUT2D eigenvalue weighted by Crippen LogP contribution is 2.56. The summed E-state index contributed by atoms with van der Waals surface area (Å²) in [4.78, 5) is 18.1. The summed E-state index contributed by atoms with van der Waals surface area (Å²) in [7, 11) is 0. The van der Waals surface area contributed by atoms with Crippen molar-refractivity contribution in [3.63, 3.8) is 0 Å². The third-order valence-electron chi connectivity index (χ3n) is 8.41. The van der Waals surface area contributed by atoms with Crippen LogP contribution < -0.4 is 4.90 Å². The van der Waals surface area contributed by atoms with E-state index < -0.39 is 5.97 Å². The van der Waals surface area contributed by atoms with Gasteiger partial charge in [0.1, 0.15) is 11.6 Å². The van der Waals surface area contributed by atoms with E-state index in [0.29, 0.717) is 0 Å². The Morgan fingerprint density at radius 3 is 1.98 bits per heavy atom. The SMILES string of the molecule is CC1(C)c2cc(/C=C(/C#N)C(=O)O)sc2-c2sc(/C=C/c3ccc(N4c5ccccc5CCc5ccccc54)cc3)cc21. The second kappa shape index (κ2) is 10.5. The number of nitrogens with zero attached hydrogens (tertiary/aromatic N) is 2. The molecule has 43 heavy (non-hydrogen) atoms. The first-order valence-corrected chi connectivity index (χ1v) is 15.8. The lowest BCUT2D eigenvalue weighted by Crippen LogP contribution is -2.13. The largest absolute Gasteiger partial charge is 0.477 e. The van der Waals surface area contributed by atoms with E-state index in [1.54, 1.807) is 28.7 Å². The maximum absolute atomic E-state index is 11.3. The maximum atomic E-state index is 11.3. The zero-order chi connectivity index (χ0) is 29.7. The van der Waals surface area contributed by atoms with Gasteiger partial charge in [0.2, 0.25) is 0 Å². The molecule has 0 unspecified atom stereocenters. The number of hydrogen-bond donors (Lipinski definition) is 1. The molecule has 7 rings (SSSR count). The summed E-state index contributed by atoms with van der Waals surface area (Å²) < 4.78 is 0. The van der Waals surface area contributed by atoms with Crippen LogP contribution in [0.3, 0.4) is 0 Å². The minimum absolute atomic E-state index is 0.187. The summed E-state index contributed by atoms with van der Waals surface area (Å²) in [6.45, 7) is 4.41. The highest BCUT2D eigenvalue weighted by molar-refractivity contribution is 7.23. The van der Waals surface area contributed by atoms with Crippen molar-refractivity contribution in [3.8, 4) is 15.8 Å². The van der Waals surface area contributed by atoms with E-state index in [1.165, 1.54) is 54.3 Å². The van der Waals surface area contributed by atoms with Crippen molar-refractivity contribution in [2.24, 2.45) is 0 Å². The highest BCUT2D eigenvalue weighted by Gasteiger charge is 2.39. The number of carboxylic acids is 1. The second-order valence-electron chi connectivity index (χ2n) is 11.4. The maximum Gasteiger partial charge on any atom is 0.346 e. The zero-order valence-corrected chi connectivity index (χ0v) is 25.4. The van der Waals surface area contributed by atoms with Crippen molar-refractivity contribution in [2.45, 2.75) is 32.1 Å². The fourth-order valence-corrected chi connectivity index (χ4v) is 8.78. The fraction of sp³-hybridized carbons (Fsp3) is 0.135. The lowest BCUT2D eigenvalue weighted by molar-refractivity contribution is -0.132. The van der Waals surface area contributed by atoms with Crippen molar-refractivity contribution in [1.29, 1.82) is 5.26 Å². The molecule has 0 fully saturated rings. The van der Waals surface area contributed by atoms with Gasteiger partial charge in [0, 0.05) is 42.0 Å². The average molecular weight is 597 g/mol. The molecule has 6 heteroatoms. The number of thiophene rings is 2. The molecule has 0 saturated heterocycles. The Kier molecular flexibility index (Phi) is 6.65. The normalized spacial score (nSPS) is 14.9. The second-order valence-corrected chi connectivity index (χ2v) is 13.6. The lowest BCUT2D eigenvalue weighted by Gasteiger charge is -2.27. The molecule has 0 saturated carbocycles. The quantitative estimate of drug-likeness (QED) is 0.162. The molecule has 0 amide bonds. The van der Waals surface area contributed by atoms with Gasteiger partial charge < -0.3 is 10.0 Å². The minimum Gasteiger partial charge on any atom is -0.477 e. The van der Waals surface area contributed by atoms with E-state index in [1.807, 2.05) is 6.07 Å². The predicted octanol–water partition coefficient (Wildman–Crippen LogP) is 9.85. The van der Waals surface area contributed by atoms with Gasteiger partial charge in [0.05, 0.1) is 0 Å². The number of nitriles is 1. The van der Waals surface area contributed by atoms with Gasteiger partial charge in [-0.1, -0.05) is 68.5 Å². The molecule has 0 radical (unpaired) electrons. The van der Waals surface area contributed by atoms with Crippen molar-refractivity contribution in [3.05, 3.63) is 128 Å². The highest BCUT2D eigenvalue weighted by atomic mass is 32.1. The third-order valence-corrected chi connectivity index (χ3v) is 10.8. The average Bonchev–Trinajstić information content (AvgIpc) is 3.65. The van der Waals surface area contributed by atoms with Crippen molar-refractivity contribution in [1.82, 2.24) is 0 Å². The molecule has 3 aromatic carbocycles. The van der Waals surface area contributed by atoms with Crippen LogP contribution in [0.2, 0.25) is 0 Å². The molecule has 0 bridgehead atoms. The predicted molar refractivity (Wildman–Crippen MR) is 178 cm³/mol. The number of carboxylic acid groups (broad SMARTS) is 1. The number of rotatable bonds is 5. The van der Waals surface area contributed by atoms with Gasteiger partial charge in [-0.25, -0.2) is 4.79 Å². The molecule has 1 aliphatic carbocycles. The van der Waals surface area contributed by atoms with Gasteiger partial charge in [-0.2, -0.15) is 5.26 Å². The molecule has 1 aliphatic heterocycles. The molecular formula is C37H28N2O2S2.